The van der Waals surface area contributed by atoms with Crippen LogP contribution in [0.2, 0.25) is 5.02 Å². The highest BCUT2D eigenvalue weighted by Crippen LogP contribution is 2.30. The summed E-state index contributed by atoms with van der Waals surface area (Å²) in [6.07, 6.45) is 4.41. The number of aromatic nitrogens is 2. The number of pyridine rings is 1. The van der Waals surface area contributed by atoms with E-state index in [9.17, 15) is 4.79 Å². The number of aldehydes is 1. The molecule has 0 bridgehead atoms. The van der Waals surface area contributed by atoms with Crippen LogP contribution in [0.4, 0.5) is 0 Å². The molecule has 2 heterocycles. The smallest absolute Gasteiger partial charge is 0.152 e. The van der Waals surface area contributed by atoms with Crippen LogP contribution in [0.1, 0.15) is 10.4 Å². The van der Waals surface area contributed by atoms with Crippen molar-refractivity contribution < 1.29 is 4.79 Å². The van der Waals surface area contributed by atoms with Crippen LogP contribution < -0.4 is 0 Å². The second kappa shape index (κ2) is 4.52. The lowest BCUT2D eigenvalue weighted by Crippen LogP contribution is -1.88. The van der Waals surface area contributed by atoms with E-state index in [4.69, 9.17) is 11.6 Å². The molecular weight excluding hydrogens is 260 g/mol. The Bertz CT molecular complexity index is 760. The molecule has 1 aromatic carbocycles. The molecule has 0 saturated carbocycles. The van der Waals surface area contributed by atoms with Gasteiger partial charge in [-0.25, -0.2) is 4.98 Å². The van der Waals surface area contributed by atoms with Crippen LogP contribution in [-0.4, -0.2) is 15.8 Å². The Morgan fingerprint density at radius 3 is 2.63 bits per heavy atom. The van der Waals surface area contributed by atoms with Crippen LogP contribution in [0, 0.1) is 0 Å². The second-order valence-corrected chi connectivity index (χ2v) is 4.81. The van der Waals surface area contributed by atoms with Gasteiger partial charge in [0.05, 0.1) is 0 Å². The third-order valence-corrected chi connectivity index (χ3v) is 3.42. The first-order chi connectivity index (χ1) is 9.20. The molecule has 0 amide bonds. The average molecular weight is 271 g/mol. The lowest BCUT2D eigenvalue weighted by Gasteiger charge is -2.05. The van der Waals surface area contributed by atoms with E-state index >= 15 is 0 Å². The molecule has 0 spiro atoms. The number of aryl methyl sites for hydroxylation is 1. The van der Waals surface area contributed by atoms with Crippen molar-refractivity contribution in [2.24, 2.45) is 7.05 Å². The summed E-state index contributed by atoms with van der Waals surface area (Å²) in [5.41, 5.74) is 3.46. The molecule has 3 aromatic rings. The summed E-state index contributed by atoms with van der Waals surface area (Å²) in [7, 11) is 1.88. The predicted molar refractivity (Wildman–Crippen MR) is 76.5 cm³/mol. The third-order valence-electron chi connectivity index (χ3n) is 3.17. The maximum Gasteiger partial charge on any atom is 0.152 e. The van der Waals surface area contributed by atoms with Crippen molar-refractivity contribution >= 4 is 28.9 Å². The monoisotopic (exact) mass is 270 g/mol. The van der Waals surface area contributed by atoms with Crippen molar-refractivity contribution in [3.05, 3.63) is 53.3 Å². The highest BCUT2D eigenvalue weighted by atomic mass is 35.5. The summed E-state index contributed by atoms with van der Waals surface area (Å²) in [6, 6.07) is 9.48. The number of nitrogens with zero attached hydrogens (tertiary/aromatic N) is 2. The van der Waals surface area contributed by atoms with Crippen molar-refractivity contribution in [2.75, 3.05) is 0 Å². The molecule has 19 heavy (non-hydrogen) atoms. The first kappa shape index (κ1) is 11.9. The summed E-state index contributed by atoms with van der Waals surface area (Å²) in [4.78, 5) is 15.5. The molecule has 4 heteroatoms. The summed E-state index contributed by atoms with van der Waals surface area (Å²) >= 11 is 5.91. The number of benzene rings is 1. The Morgan fingerprint density at radius 1 is 1.21 bits per heavy atom. The second-order valence-electron chi connectivity index (χ2n) is 4.38. The standard InChI is InChI=1S/C15H11ClN2O/c1-18-8-11(9-19)14-13(6-7-17-15(14)18)10-2-4-12(16)5-3-10/h2-9H,1H3. The number of fused-ring (bicyclic) bond motifs is 1. The topological polar surface area (TPSA) is 34.9 Å². The van der Waals surface area contributed by atoms with Crippen molar-refractivity contribution in [2.45, 2.75) is 0 Å². The van der Waals surface area contributed by atoms with Crippen molar-refractivity contribution in [1.82, 2.24) is 9.55 Å². The van der Waals surface area contributed by atoms with E-state index in [2.05, 4.69) is 4.98 Å². The van der Waals surface area contributed by atoms with Gasteiger partial charge in [0.2, 0.25) is 0 Å². The highest BCUT2D eigenvalue weighted by Gasteiger charge is 2.12. The van der Waals surface area contributed by atoms with Gasteiger partial charge in [-0.05, 0) is 29.3 Å². The van der Waals surface area contributed by atoms with E-state index in [-0.39, 0.29) is 0 Å². The molecular formula is C15H11ClN2O. The van der Waals surface area contributed by atoms with Gasteiger partial charge in [0.15, 0.2) is 6.29 Å². The number of carbonyl (C=O) groups excluding carboxylic acids is 1. The Kier molecular flexibility index (Phi) is 2.84. The van der Waals surface area contributed by atoms with Crippen LogP contribution in [0.5, 0.6) is 0 Å². The quantitative estimate of drug-likeness (QED) is 0.666. The van der Waals surface area contributed by atoms with Gasteiger partial charge in [0.25, 0.3) is 0 Å². The van der Waals surface area contributed by atoms with Gasteiger partial charge >= 0.3 is 0 Å². The first-order valence-corrected chi connectivity index (χ1v) is 6.23. The highest BCUT2D eigenvalue weighted by molar-refractivity contribution is 6.30. The van der Waals surface area contributed by atoms with Crippen LogP contribution >= 0.6 is 11.6 Å². The fourth-order valence-electron chi connectivity index (χ4n) is 2.30. The van der Waals surface area contributed by atoms with E-state index in [1.54, 1.807) is 12.4 Å². The fourth-order valence-corrected chi connectivity index (χ4v) is 2.42. The zero-order valence-electron chi connectivity index (χ0n) is 10.3. The molecule has 0 aliphatic heterocycles. The zero-order chi connectivity index (χ0) is 13.4. The van der Waals surface area contributed by atoms with Crippen LogP contribution in [0.15, 0.2) is 42.7 Å². The summed E-state index contributed by atoms with van der Waals surface area (Å²) in [6.45, 7) is 0. The van der Waals surface area contributed by atoms with Gasteiger partial charge in [-0.1, -0.05) is 23.7 Å². The molecule has 3 nitrogen and oxygen atoms in total. The molecule has 0 N–H and O–H groups in total. The fraction of sp³-hybridized carbons (Fsp3) is 0.0667. The van der Waals surface area contributed by atoms with Gasteiger partial charge in [0, 0.05) is 35.4 Å². The maximum absolute atomic E-state index is 11.2. The molecule has 2 aromatic heterocycles. The molecule has 0 fully saturated rings. The molecule has 3 rings (SSSR count). The van der Waals surface area contributed by atoms with Crippen molar-refractivity contribution in [3.63, 3.8) is 0 Å². The Balaban J connectivity index is 2.34. The molecule has 0 aliphatic rings. The molecule has 0 unspecified atom stereocenters. The predicted octanol–water partition coefficient (Wildman–Crippen LogP) is 3.71. The Hall–Kier alpha value is -2.13. The average Bonchev–Trinajstić information content (AvgIpc) is 2.77. The molecule has 0 saturated heterocycles. The number of halogens is 1. The van der Waals surface area contributed by atoms with Crippen molar-refractivity contribution in [1.29, 1.82) is 0 Å². The number of carbonyl (C=O) groups is 1. The molecule has 0 aliphatic carbocycles. The summed E-state index contributed by atoms with van der Waals surface area (Å²) < 4.78 is 1.86. The minimum atomic E-state index is 0.649. The van der Waals surface area contributed by atoms with Crippen LogP contribution in [0.25, 0.3) is 22.2 Å². The van der Waals surface area contributed by atoms with Gasteiger partial charge in [-0.3, -0.25) is 4.79 Å². The minimum Gasteiger partial charge on any atom is -0.335 e. The number of hydrogen-bond donors (Lipinski definition) is 0. The zero-order valence-corrected chi connectivity index (χ0v) is 11.1. The largest absolute Gasteiger partial charge is 0.335 e. The summed E-state index contributed by atoms with van der Waals surface area (Å²) in [5.74, 6) is 0. The van der Waals surface area contributed by atoms with E-state index in [0.29, 0.717) is 10.6 Å². The van der Waals surface area contributed by atoms with Crippen LogP contribution in [0.3, 0.4) is 0 Å². The maximum atomic E-state index is 11.2. The SMILES string of the molecule is Cn1cc(C=O)c2c(-c3ccc(Cl)cc3)ccnc21. The number of rotatable bonds is 2. The third kappa shape index (κ3) is 1.92. The molecule has 94 valence electrons. The van der Waals surface area contributed by atoms with Gasteiger partial charge in [-0.2, -0.15) is 0 Å². The lowest BCUT2D eigenvalue weighted by molar-refractivity contribution is 0.112. The van der Waals surface area contributed by atoms with E-state index < -0.39 is 0 Å². The first-order valence-electron chi connectivity index (χ1n) is 5.86. The van der Waals surface area contributed by atoms with Crippen LogP contribution in [-0.2, 0) is 7.05 Å². The van der Waals surface area contributed by atoms with Gasteiger partial charge in [0.1, 0.15) is 5.65 Å². The lowest BCUT2D eigenvalue weighted by atomic mass is 10.0. The van der Waals surface area contributed by atoms with Gasteiger partial charge in [-0.15, -0.1) is 0 Å². The minimum absolute atomic E-state index is 0.649. The number of hydrogen-bond acceptors (Lipinski definition) is 2. The van der Waals surface area contributed by atoms with Crippen molar-refractivity contribution in [3.8, 4) is 11.1 Å². The Labute approximate surface area is 115 Å². The van der Waals surface area contributed by atoms with E-state index in [1.165, 1.54) is 0 Å². The normalized spacial score (nSPS) is 10.8. The molecule has 0 radical (unpaired) electrons. The van der Waals surface area contributed by atoms with E-state index in [1.807, 2.05) is 41.9 Å². The summed E-state index contributed by atoms with van der Waals surface area (Å²) in [5, 5.41) is 1.57. The van der Waals surface area contributed by atoms with E-state index in [0.717, 1.165) is 28.4 Å². The van der Waals surface area contributed by atoms with Gasteiger partial charge < -0.3 is 4.57 Å². The molecule has 0 atom stereocenters. The Morgan fingerprint density at radius 2 is 1.95 bits per heavy atom.